The van der Waals surface area contributed by atoms with Crippen molar-refractivity contribution in [1.29, 1.82) is 0 Å². The average molecular weight is 441 g/mol. The Balaban J connectivity index is 1.37. The number of nitrogens with zero attached hydrogens (tertiary/aromatic N) is 1. The number of H-pyrrole nitrogens is 1. The lowest BCUT2D eigenvalue weighted by molar-refractivity contribution is -0.116. The van der Waals surface area contributed by atoms with E-state index in [1.807, 2.05) is 37.3 Å². The van der Waals surface area contributed by atoms with Crippen LogP contribution >= 0.6 is 0 Å². The minimum atomic E-state index is -0.297. The molecule has 0 saturated heterocycles. The van der Waals surface area contributed by atoms with Crippen LogP contribution in [0, 0.1) is 6.92 Å². The van der Waals surface area contributed by atoms with Crippen LogP contribution in [0.5, 0.6) is 0 Å². The Kier molecular flexibility index (Phi) is 6.59. The number of aromatic amines is 1. The fourth-order valence-corrected chi connectivity index (χ4v) is 3.59. The van der Waals surface area contributed by atoms with Crippen molar-refractivity contribution >= 4 is 34.1 Å². The van der Waals surface area contributed by atoms with E-state index in [-0.39, 0.29) is 23.8 Å². The van der Waals surface area contributed by atoms with Gasteiger partial charge in [0.05, 0.1) is 22.2 Å². The Bertz CT molecular complexity index is 1380. The summed E-state index contributed by atoms with van der Waals surface area (Å²) in [5.41, 5.74) is 3.01. The molecule has 0 atom stereocenters. The quantitative estimate of drug-likeness (QED) is 0.395. The van der Waals surface area contributed by atoms with Gasteiger partial charge in [0.1, 0.15) is 5.82 Å². The fourth-order valence-electron chi connectivity index (χ4n) is 3.59. The maximum atomic E-state index is 12.8. The molecule has 3 N–H and O–H groups in total. The van der Waals surface area contributed by atoms with Gasteiger partial charge < -0.3 is 15.6 Å². The van der Waals surface area contributed by atoms with Crippen molar-refractivity contribution in [2.24, 2.45) is 0 Å². The van der Waals surface area contributed by atoms with Gasteiger partial charge in [0.2, 0.25) is 5.91 Å². The minimum Gasteiger partial charge on any atom is -0.325 e. The molecule has 0 saturated carbocycles. The number of rotatable bonds is 7. The summed E-state index contributed by atoms with van der Waals surface area (Å²) in [7, 11) is 0. The van der Waals surface area contributed by atoms with E-state index in [0.29, 0.717) is 46.5 Å². The first-order valence-corrected chi connectivity index (χ1v) is 10.7. The first-order valence-electron chi connectivity index (χ1n) is 10.7. The summed E-state index contributed by atoms with van der Waals surface area (Å²) in [6.07, 6.45) is 1.19. The molecule has 0 unspecified atom stereocenters. The second kappa shape index (κ2) is 9.91. The lowest BCUT2D eigenvalue weighted by atomic mass is 10.1. The van der Waals surface area contributed by atoms with Crippen molar-refractivity contribution in [2.75, 3.05) is 10.6 Å². The average Bonchev–Trinajstić information content (AvgIpc) is 2.79. The highest BCUT2D eigenvalue weighted by molar-refractivity contribution is 6.10. The van der Waals surface area contributed by atoms with Gasteiger partial charge in [-0.05, 0) is 55.3 Å². The summed E-state index contributed by atoms with van der Waals surface area (Å²) in [4.78, 5) is 44.7. The second-order valence-corrected chi connectivity index (χ2v) is 7.80. The lowest BCUT2D eigenvalue weighted by Crippen LogP contribution is -2.18. The normalized spacial score (nSPS) is 10.7. The van der Waals surface area contributed by atoms with Crippen LogP contribution in [0.3, 0.4) is 0 Å². The van der Waals surface area contributed by atoms with Crippen LogP contribution in [-0.4, -0.2) is 21.8 Å². The van der Waals surface area contributed by atoms with Gasteiger partial charge in [0, 0.05) is 18.5 Å². The van der Waals surface area contributed by atoms with Crippen LogP contribution in [0.1, 0.15) is 34.6 Å². The maximum Gasteiger partial charge on any atom is 0.258 e. The number of carbonyl (C=O) groups is 2. The molecule has 1 heterocycles. The van der Waals surface area contributed by atoms with Crippen LogP contribution < -0.4 is 16.2 Å². The highest BCUT2D eigenvalue weighted by atomic mass is 16.2. The number of fused-ring (bicyclic) bond motifs is 1. The Labute approximate surface area is 190 Å². The molecule has 0 bridgehead atoms. The molecule has 7 heteroatoms. The van der Waals surface area contributed by atoms with Crippen molar-refractivity contribution < 1.29 is 9.59 Å². The third-order valence-electron chi connectivity index (χ3n) is 5.20. The molecule has 7 nitrogen and oxygen atoms in total. The number of hydrogen-bond acceptors (Lipinski definition) is 4. The molecule has 0 spiro atoms. The summed E-state index contributed by atoms with van der Waals surface area (Å²) in [6.45, 7) is 1.95. The molecule has 4 aromatic rings. The second-order valence-electron chi connectivity index (χ2n) is 7.80. The Morgan fingerprint density at radius 3 is 2.58 bits per heavy atom. The molecule has 4 rings (SSSR count). The van der Waals surface area contributed by atoms with Crippen molar-refractivity contribution in [3.8, 4) is 0 Å². The number of amides is 2. The van der Waals surface area contributed by atoms with Gasteiger partial charge in [0.15, 0.2) is 0 Å². The molecule has 0 aliphatic rings. The molecular weight excluding hydrogens is 416 g/mol. The first-order chi connectivity index (χ1) is 16.0. The SMILES string of the molecule is Cc1cccc(NC(=O)c2ccccc2NC(=O)CCCc2nc3ccccc3c(=O)[nH]2)c1. The molecule has 33 heavy (non-hydrogen) atoms. The summed E-state index contributed by atoms with van der Waals surface area (Å²) in [5, 5.41) is 6.23. The molecule has 0 fully saturated rings. The predicted molar refractivity (Wildman–Crippen MR) is 130 cm³/mol. The van der Waals surface area contributed by atoms with Crippen LogP contribution in [0.15, 0.2) is 77.6 Å². The summed E-state index contributed by atoms with van der Waals surface area (Å²) < 4.78 is 0. The van der Waals surface area contributed by atoms with Gasteiger partial charge in [0.25, 0.3) is 11.5 Å². The Morgan fingerprint density at radius 1 is 0.939 bits per heavy atom. The zero-order chi connectivity index (χ0) is 23.2. The van der Waals surface area contributed by atoms with Gasteiger partial charge in [-0.25, -0.2) is 4.98 Å². The maximum absolute atomic E-state index is 12.8. The number of aromatic nitrogens is 2. The predicted octanol–water partition coefficient (Wildman–Crippen LogP) is 4.45. The van der Waals surface area contributed by atoms with E-state index in [4.69, 9.17) is 0 Å². The van der Waals surface area contributed by atoms with Crippen LogP contribution in [0.25, 0.3) is 10.9 Å². The Morgan fingerprint density at radius 2 is 1.73 bits per heavy atom. The highest BCUT2D eigenvalue weighted by Gasteiger charge is 2.14. The van der Waals surface area contributed by atoms with Gasteiger partial charge in [-0.3, -0.25) is 14.4 Å². The molecule has 2 amide bonds. The zero-order valence-corrected chi connectivity index (χ0v) is 18.2. The number of anilines is 2. The van der Waals surface area contributed by atoms with Gasteiger partial charge in [-0.15, -0.1) is 0 Å². The smallest absolute Gasteiger partial charge is 0.258 e. The molecule has 0 aliphatic heterocycles. The van der Waals surface area contributed by atoms with E-state index in [0.717, 1.165) is 5.56 Å². The Hall–Kier alpha value is -4.26. The summed E-state index contributed by atoms with van der Waals surface area (Å²) in [5.74, 6) is 0.0350. The van der Waals surface area contributed by atoms with Crippen molar-refractivity contribution in [1.82, 2.24) is 9.97 Å². The van der Waals surface area contributed by atoms with E-state index in [2.05, 4.69) is 20.6 Å². The minimum absolute atomic E-state index is 0.186. The van der Waals surface area contributed by atoms with E-state index in [9.17, 15) is 14.4 Å². The van der Waals surface area contributed by atoms with Gasteiger partial charge in [-0.1, -0.05) is 36.4 Å². The van der Waals surface area contributed by atoms with Crippen molar-refractivity contribution in [3.63, 3.8) is 0 Å². The molecule has 0 aliphatic carbocycles. The molecule has 1 aromatic heterocycles. The third kappa shape index (κ3) is 5.51. The van der Waals surface area contributed by atoms with E-state index >= 15 is 0 Å². The van der Waals surface area contributed by atoms with E-state index in [1.54, 1.807) is 42.5 Å². The first kappa shape index (κ1) is 22.0. The number of aryl methyl sites for hydroxylation is 2. The highest BCUT2D eigenvalue weighted by Crippen LogP contribution is 2.19. The number of para-hydroxylation sites is 2. The van der Waals surface area contributed by atoms with Gasteiger partial charge in [-0.2, -0.15) is 0 Å². The summed E-state index contributed by atoms with van der Waals surface area (Å²) >= 11 is 0. The molecule has 166 valence electrons. The number of hydrogen-bond donors (Lipinski definition) is 3. The topological polar surface area (TPSA) is 104 Å². The zero-order valence-electron chi connectivity index (χ0n) is 18.2. The largest absolute Gasteiger partial charge is 0.325 e. The molecule has 3 aromatic carbocycles. The monoisotopic (exact) mass is 440 g/mol. The van der Waals surface area contributed by atoms with Crippen LogP contribution in [0.2, 0.25) is 0 Å². The van der Waals surface area contributed by atoms with Crippen LogP contribution in [0.4, 0.5) is 11.4 Å². The van der Waals surface area contributed by atoms with Crippen molar-refractivity contribution in [3.05, 3.63) is 100 Å². The number of carbonyl (C=O) groups excluding carboxylic acids is 2. The third-order valence-corrected chi connectivity index (χ3v) is 5.20. The van der Waals surface area contributed by atoms with E-state index in [1.165, 1.54) is 0 Å². The number of nitrogens with one attached hydrogen (secondary N) is 3. The van der Waals surface area contributed by atoms with Crippen molar-refractivity contribution in [2.45, 2.75) is 26.2 Å². The molecule has 0 radical (unpaired) electrons. The molecular formula is C26H24N4O3. The lowest BCUT2D eigenvalue weighted by Gasteiger charge is -2.12. The summed E-state index contributed by atoms with van der Waals surface area (Å²) in [6, 6.07) is 21.6. The van der Waals surface area contributed by atoms with Crippen LogP contribution in [-0.2, 0) is 11.2 Å². The number of benzene rings is 3. The van der Waals surface area contributed by atoms with Gasteiger partial charge >= 0.3 is 0 Å². The fraction of sp³-hybridized carbons (Fsp3) is 0.154. The standard InChI is InChI=1S/C26H24N4O3/c1-17-8-6-9-18(16-17)27-25(32)20-11-3-5-13-22(20)29-24(31)15-7-14-23-28-21-12-4-2-10-19(21)26(33)30-23/h2-6,8-13,16H,7,14-15H2,1H3,(H,27,32)(H,29,31)(H,28,30,33). The van der Waals surface area contributed by atoms with E-state index < -0.39 is 0 Å².